The molecule has 0 aliphatic carbocycles. The minimum atomic E-state index is 0.979. The van der Waals surface area contributed by atoms with Gasteiger partial charge in [-0.1, -0.05) is 13.2 Å². The lowest BCUT2D eigenvalue weighted by molar-refractivity contribution is 0.458. The van der Waals surface area contributed by atoms with E-state index in [0.29, 0.717) is 0 Å². The quantitative estimate of drug-likeness (QED) is 0.500. The van der Waals surface area contributed by atoms with Crippen LogP contribution in [0.5, 0.6) is 0 Å². The van der Waals surface area contributed by atoms with E-state index in [0.717, 1.165) is 12.2 Å². The van der Waals surface area contributed by atoms with E-state index >= 15 is 0 Å². The minimum absolute atomic E-state index is 0.979. The van der Waals surface area contributed by atoms with Crippen molar-refractivity contribution in [3.63, 3.8) is 0 Å². The Kier molecular flexibility index (Phi) is 3.01. The van der Waals surface area contributed by atoms with E-state index in [4.69, 9.17) is 0 Å². The summed E-state index contributed by atoms with van der Waals surface area (Å²) in [4.78, 5) is 2.03. The third-order valence-electron chi connectivity index (χ3n) is 1.20. The molecule has 0 aliphatic rings. The number of rotatable bonds is 3. The second kappa shape index (κ2) is 3.30. The maximum Gasteiger partial charge on any atom is 0.0284 e. The van der Waals surface area contributed by atoms with Crippen molar-refractivity contribution in [1.82, 2.24) is 4.90 Å². The molecule has 0 rings (SSSR count). The first-order chi connectivity index (χ1) is 3.72. The van der Waals surface area contributed by atoms with Crippen molar-refractivity contribution in [2.45, 2.75) is 6.92 Å². The van der Waals surface area contributed by atoms with Crippen LogP contribution >= 0.6 is 0 Å². The fraction of sp³-hybridized carbons (Fsp3) is 0.429. The molecule has 0 atom stereocenters. The lowest BCUT2D eigenvalue weighted by atomic mass is 10.4. The zero-order valence-corrected chi connectivity index (χ0v) is 5.65. The lowest BCUT2D eigenvalue weighted by Gasteiger charge is -2.15. The second-order valence-electron chi connectivity index (χ2n) is 1.71. The molecule has 0 heterocycles. The highest BCUT2D eigenvalue weighted by atomic mass is 15.1. The van der Waals surface area contributed by atoms with Gasteiger partial charge in [-0.05, 0) is 13.0 Å². The fourth-order valence-electron chi connectivity index (χ4n) is 0.359. The predicted molar refractivity (Wildman–Crippen MR) is 37.6 cm³/mol. The highest BCUT2D eigenvalue weighted by molar-refractivity contribution is 5.08. The van der Waals surface area contributed by atoms with Crippen LogP contribution in [-0.4, -0.2) is 18.5 Å². The van der Waals surface area contributed by atoms with Crippen LogP contribution in [0.25, 0.3) is 0 Å². The predicted octanol–water partition coefficient (Wildman–Crippen LogP) is 1.64. The topological polar surface area (TPSA) is 3.24 Å². The first-order valence-electron chi connectivity index (χ1n) is 2.74. The molecule has 0 bridgehead atoms. The van der Waals surface area contributed by atoms with Gasteiger partial charge in [0.1, 0.15) is 0 Å². The molecule has 0 fully saturated rings. The maximum absolute atomic E-state index is 3.75. The molecule has 0 aliphatic heterocycles. The molecule has 1 nitrogen and oxygen atoms in total. The molecule has 0 N–H and O–H groups in total. The Hall–Kier alpha value is -0.720. The standard InChI is InChI=1S/C7H13N/c1-5-7(3)8(4)6-2/h5H,1,3,6H2,2,4H3. The van der Waals surface area contributed by atoms with Crippen LogP contribution in [0.15, 0.2) is 24.9 Å². The molecule has 1 heteroatoms. The number of hydrogen-bond donors (Lipinski definition) is 0. The van der Waals surface area contributed by atoms with Crippen molar-refractivity contribution in [2.75, 3.05) is 13.6 Å². The SMILES string of the molecule is C=CC(=C)N(C)CC. The van der Waals surface area contributed by atoms with Crippen molar-refractivity contribution >= 4 is 0 Å². The van der Waals surface area contributed by atoms with E-state index < -0.39 is 0 Å². The lowest BCUT2D eigenvalue weighted by Crippen LogP contribution is -2.13. The van der Waals surface area contributed by atoms with Crippen molar-refractivity contribution < 1.29 is 0 Å². The zero-order valence-electron chi connectivity index (χ0n) is 5.65. The monoisotopic (exact) mass is 111 g/mol. The van der Waals surface area contributed by atoms with Gasteiger partial charge in [0.25, 0.3) is 0 Å². The molecule has 0 aromatic rings. The summed E-state index contributed by atoms with van der Waals surface area (Å²) in [7, 11) is 1.99. The molecular weight excluding hydrogens is 98.1 g/mol. The number of nitrogens with zero attached hydrogens (tertiary/aromatic N) is 1. The molecule has 0 radical (unpaired) electrons. The van der Waals surface area contributed by atoms with E-state index in [1.165, 1.54) is 0 Å². The molecular formula is C7H13N. The van der Waals surface area contributed by atoms with Gasteiger partial charge in [-0.2, -0.15) is 0 Å². The van der Waals surface area contributed by atoms with Crippen molar-refractivity contribution in [3.05, 3.63) is 24.9 Å². The Labute approximate surface area is 51.3 Å². The number of likely N-dealkylation sites (N-methyl/N-ethyl adjacent to an activating group) is 1. The van der Waals surface area contributed by atoms with Crippen molar-refractivity contribution in [1.29, 1.82) is 0 Å². The van der Waals surface area contributed by atoms with Gasteiger partial charge in [0, 0.05) is 19.3 Å². The van der Waals surface area contributed by atoms with Crippen LogP contribution in [0.3, 0.4) is 0 Å². The molecule has 0 amide bonds. The molecule has 0 aromatic carbocycles. The van der Waals surface area contributed by atoms with Gasteiger partial charge in [-0.15, -0.1) is 0 Å². The van der Waals surface area contributed by atoms with Crippen molar-refractivity contribution in [3.8, 4) is 0 Å². The Balaban J connectivity index is 3.62. The van der Waals surface area contributed by atoms with E-state index in [2.05, 4.69) is 20.1 Å². The summed E-state index contributed by atoms with van der Waals surface area (Å²) in [5, 5.41) is 0. The number of hydrogen-bond acceptors (Lipinski definition) is 1. The minimum Gasteiger partial charge on any atom is -0.375 e. The van der Waals surface area contributed by atoms with Crippen molar-refractivity contribution in [2.24, 2.45) is 0 Å². The van der Waals surface area contributed by atoms with E-state index in [9.17, 15) is 0 Å². The average Bonchev–Trinajstić information content (AvgIpc) is 1.84. The van der Waals surface area contributed by atoms with Crippen LogP contribution < -0.4 is 0 Å². The number of allylic oxidation sites excluding steroid dienone is 1. The van der Waals surface area contributed by atoms with Gasteiger partial charge in [-0.25, -0.2) is 0 Å². The molecule has 0 unspecified atom stereocenters. The summed E-state index contributed by atoms with van der Waals surface area (Å²) in [6.45, 7) is 10.4. The Morgan fingerprint density at radius 2 is 2.25 bits per heavy atom. The van der Waals surface area contributed by atoms with Crippen LogP contribution in [0, 0.1) is 0 Å². The third-order valence-corrected chi connectivity index (χ3v) is 1.20. The summed E-state index contributed by atoms with van der Waals surface area (Å²) in [5.41, 5.74) is 0.979. The molecule has 0 saturated carbocycles. The Morgan fingerprint density at radius 1 is 1.75 bits per heavy atom. The maximum atomic E-state index is 3.75. The first-order valence-corrected chi connectivity index (χ1v) is 2.74. The summed E-state index contributed by atoms with van der Waals surface area (Å²) in [5.74, 6) is 0. The molecule has 46 valence electrons. The Bertz CT molecular complexity index is 94.6. The molecule has 0 saturated heterocycles. The van der Waals surface area contributed by atoms with Crippen LogP contribution in [0.1, 0.15) is 6.92 Å². The summed E-state index contributed by atoms with van der Waals surface area (Å²) in [6, 6.07) is 0. The van der Waals surface area contributed by atoms with Gasteiger partial charge in [0.2, 0.25) is 0 Å². The fourth-order valence-corrected chi connectivity index (χ4v) is 0.359. The van der Waals surface area contributed by atoms with Gasteiger partial charge in [-0.3, -0.25) is 0 Å². The smallest absolute Gasteiger partial charge is 0.0284 e. The average molecular weight is 111 g/mol. The Morgan fingerprint density at radius 3 is 2.38 bits per heavy atom. The van der Waals surface area contributed by atoms with Crippen LogP contribution in [0.2, 0.25) is 0 Å². The van der Waals surface area contributed by atoms with Crippen LogP contribution in [0.4, 0.5) is 0 Å². The summed E-state index contributed by atoms with van der Waals surface area (Å²) >= 11 is 0. The van der Waals surface area contributed by atoms with Gasteiger partial charge in [0.15, 0.2) is 0 Å². The van der Waals surface area contributed by atoms with Gasteiger partial charge < -0.3 is 4.90 Å². The largest absolute Gasteiger partial charge is 0.375 e. The first kappa shape index (κ1) is 7.28. The second-order valence-corrected chi connectivity index (χ2v) is 1.71. The molecule has 8 heavy (non-hydrogen) atoms. The summed E-state index contributed by atoms with van der Waals surface area (Å²) < 4.78 is 0. The van der Waals surface area contributed by atoms with E-state index in [-0.39, 0.29) is 0 Å². The highest BCUT2D eigenvalue weighted by Gasteiger charge is 1.89. The summed E-state index contributed by atoms with van der Waals surface area (Å²) in [6.07, 6.45) is 1.75. The molecule has 0 spiro atoms. The van der Waals surface area contributed by atoms with E-state index in [1.54, 1.807) is 6.08 Å². The van der Waals surface area contributed by atoms with Crippen LogP contribution in [-0.2, 0) is 0 Å². The normalized spacial score (nSPS) is 8.25. The zero-order chi connectivity index (χ0) is 6.57. The third kappa shape index (κ3) is 1.82. The highest BCUT2D eigenvalue weighted by Crippen LogP contribution is 1.95. The van der Waals surface area contributed by atoms with Gasteiger partial charge in [0.05, 0.1) is 0 Å². The van der Waals surface area contributed by atoms with Gasteiger partial charge >= 0.3 is 0 Å². The van der Waals surface area contributed by atoms with E-state index in [1.807, 2.05) is 11.9 Å². The molecule has 0 aromatic heterocycles.